The van der Waals surface area contributed by atoms with Gasteiger partial charge in [0.25, 0.3) is 5.91 Å². The summed E-state index contributed by atoms with van der Waals surface area (Å²) >= 11 is 0. The highest BCUT2D eigenvalue weighted by molar-refractivity contribution is 5.96. The number of esters is 1. The molecule has 8 heteroatoms. The SMILES string of the molecule is COCCCNC(=O)c1cc2ccc(OC(=O)COc3cc(C)ccc3C)cc2oc1=O. The Morgan fingerprint density at radius 3 is 2.66 bits per heavy atom. The third-order valence-corrected chi connectivity index (χ3v) is 4.68. The van der Waals surface area contributed by atoms with Gasteiger partial charge in [-0.15, -0.1) is 0 Å². The van der Waals surface area contributed by atoms with Crippen LogP contribution in [0.3, 0.4) is 0 Å². The highest BCUT2D eigenvalue weighted by Gasteiger charge is 2.15. The molecule has 1 amide bonds. The Bertz CT molecular complexity index is 1180. The molecule has 3 aromatic rings. The van der Waals surface area contributed by atoms with Crippen LogP contribution in [0.2, 0.25) is 0 Å². The van der Waals surface area contributed by atoms with Crippen molar-refractivity contribution < 1.29 is 28.2 Å². The minimum Gasteiger partial charge on any atom is -0.482 e. The van der Waals surface area contributed by atoms with Gasteiger partial charge in [-0.3, -0.25) is 4.79 Å². The lowest BCUT2D eigenvalue weighted by Crippen LogP contribution is -2.29. The zero-order chi connectivity index (χ0) is 23.1. The summed E-state index contributed by atoms with van der Waals surface area (Å²) in [7, 11) is 1.57. The molecule has 0 aliphatic heterocycles. The molecule has 32 heavy (non-hydrogen) atoms. The van der Waals surface area contributed by atoms with Crippen LogP contribution in [0.25, 0.3) is 11.0 Å². The van der Waals surface area contributed by atoms with E-state index in [0.29, 0.717) is 30.7 Å². The average Bonchev–Trinajstić information content (AvgIpc) is 2.76. The summed E-state index contributed by atoms with van der Waals surface area (Å²) in [5, 5.41) is 3.18. The number of hydrogen-bond donors (Lipinski definition) is 1. The van der Waals surface area contributed by atoms with Gasteiger partial charge in [-0.25, -0.2) is 9.59 Å². The van der Waals surface area contributed by atoms with Crippen LogP contribution in [0.1, 0.15) is 27.9 Å². The maximum atomic E-state index is 12.2. The molecule has 0 unspecified atom stereocenters. The molecular formula is C24H25NO7. The Morgan fingerprint density at radius 1 is 1.06 bits per heavy atom. The second-order valence-corrected chi connectivity index (χ2v) is 7.28. The highest BCUT2D eigenvalue weighted by Crippen LogP contribution is 2.22. The second kappa shape index (κ2) is 10.6. The Morgan fingerprint density at radius 2 is 1.88 bits per heavy atom. The summed E-state index contributed by atoms with van der Waals surface area (Å²) in [6.07, 6.45) is 0.628. The van der Waals surface area contributed by atoms with Crippen LogP contribution in [-0.4, -0.2) is 38.7 Å². The van der Waals surface area contributed by atoms with E-state index < -0.39 is 17.5 Å². The topological polar surface area (TPSA) is 104 Å². The lowest BCUT2D eigenvalue weighted by atomic mass is 10.1. The van der Waals surface area contributed by atoms with Crippen molar-refractivity contribution in [3.8, 4) is 11.5 Å². The van der Waals surface area contributed by atoms with Crippen molar-refractivity contribution in [1.82, 2.24) is 5.32 Å². The number of carbonyl (C=O) groups excluding carboxylic acids is 2. The Labute approximate surface area is 185 Å². The molecule has 1 heterocycles. The minimum absolute atomic E-state index is 0.0958. The van der Waals surface area contributed by atoms with E-state index in [2.05, 4.69) is 5.32 Å². The van der Waals surface area contributed by atoms with E-state index in [9.17, 15) is 14.4 Å². The maximum Gasteiger partial charge on any atom is 0.349 e. The Balaban J connectivity index is 1.66. The molecule has 1 aromatic heterocycles. The van der Waals surface area contributed by atoms with Crippen molar-refractivity contribution in [3.05, 3.63) is 69.6 Å². The van der Waals surface area contributed by atoms with Crippen molar-refractivity contribution in [2.24, 2.45) is 0 Å². The molecule has 1 N–H and O–H groups in total. The normalized spacial score (nSPS) is 10.7. The monoisotopic (exact) mass is 439 g/mol. The summed E-state index contributed by atoms with van der Waals surface area (Å²) in [5.41, 5.74) is 1.26. The van der Waals surface area contributed by atoms with Gasteiger partial charge in [0.1, 0.15) is 22.6 Å². The number of methoxy groups -OCH3 is 1. The molecule has 0 bridgehead atoms. The van der Waals surface area contributed by atoms with E-state index >= 15 is 0 Å². The molecular weight excluding hydrogens is 414 g/mol. The summed E-state index contributed by atoms with van der Waals surface area (Å²) in [6, 6.07) is 11.7. The van der Waals surface area contributed by atoms with Crippen molar-refractivity contribution in [3.63, 3.8) is 0 Å². The first-order chi connectivity index (χ1) is 15.4. The summed E-state index contributed by atoms with van der Waals surface area (Å²) < 4.78 is 21.0. The number of nitrogens with one attached hydrogen (secondary N) is 1. The minimum atomic E-state index is -0.775. The first kappa shape index (κ1) is 23.0. The maximum absolute atomic E-state index is 12.2. The summed E-state index contributed by atoms with van der Waals surface area (Å²) in [4.78, 5) is 36.6. The van der Waals surface area contributed by atoms with Gasteiger partial charge in [-0.05, 0) is 55.7 Å². The second-order valence-electron chi connectivity index (χ2n) is 7.28. The van der Waals surface area contributed by atoms with Gasteiger partial charge in [-0.2, -0.15) is 0 Å². The van der Waals surface area contributed by atoms with Crippen molar-refractivity contribution in [2.45, 2.75) is 20.3 Å². The molecule has 8 nitrogen and oxygen atoms in total. The Kier molecular flexibility index (Phi) is 7.62. The molecule has 0 atom stereocenters. The number of fused-ring (bicyclic) bond motifs is 1. The van der Waals surface area contributed by atoms with Gasteiger partial charge in [0.2, 0.25) is 0 Å². The van der Waals surface area contributed by atoms with Crippen LogP contribution < -0.4 is 20.4 Å². The van der Waals surface area contributed by atoms with E-state index in [1.54, 1.807) is 19.2 Å². The standard InChI is InChI=1S/C24H25NO7/c1-15-5-6-16(2)20(11-15)30-14-22(26)31-18-8-7-17-12-19(24(28)32-21(17)13-18)23(27)25-9-4-10-29-3/h5-8,11-13H,4,9-10,14H2,1-3H3,(H,25,27). The molecule has 0 saturated heterocycles. The number of carbonyl (C=O) groups is 2. The number of aryl methyl sites for hydroxylation is 2. The predicted octanol–water partition coefficient (Wildman–Crippen LogP) is 3.16. The number of benzene rings is 2. The van der Waals surface area contributed by atoms with Crippen LogP contribution in [0, 0.1) is 13.8 Å². The molecule has 0 aliphatic rings. The summed E-state index contributed by atoms with van der Waals surface area (Å²) in [5.74, 6) is -0.304. The quantitative estimate of drug-likeness (QED) is 0.236. The fourth-order valence-corrected chi connectivity index (χ4v) is 2.99. The summed E-state index contributed by atoms with van der Waals surface area (Å²) in [6.45, 7) is 4.44. The molecule has 0 spiro atoms. The van der Waals surface area contributed by atoms with Crippen LogP contribution >= 0.6 is 0 Å². The first-order valence-electron chi connectivity index (χ1n) is 10.1. The number of ether oxygens (including phenoxy) is 3. The average molecular weight is 439 g/mol. The fraction of sp³-hybridized carbons (Fsp3) is 0.292. The lowest BCUT2D eigenvalue weighted by Gasteiger charge is -2.10. The van der Waals surface area contributed by atoms with Crippen LogP contribution in [-0.2, 0) is 9.53 Å². The van der Waals surface area contributed by atoms with Crippen molar-refractivity contribution in [2.75, 3.05) is 26.9 Å². The van der Waals surface area contributed by atoms with Crippen molar-refractivity contribution >= 4 is 22.8 Å². The van der Waals surface area contributed by atoms with Gasteiger partial charge in [0.05, 0.1) is 0 Å². The molecule has 2 aromatic carbocycles. The lowest BCUT2D eigenvalue weighted by molar-refractivity contribution is -0.136. The number of rotatable bonds is 9. The van der Waals surface area contributed by atoms with Gasteiger partial charge in [-0.1, -0.05) is 12.1 Å². The molecule has 0 saturated carbocycles. The van der Waals surface area contributed by atoms with Crippen LogP contribution in [0.4, 0.5) is 0 Å². The zero-order valence-corrected chi connectivity index (χ0v) is 18.2. The van der Waals surface area contributed by atoms with Gasteiger partial charge in [0.15, 0.2) is 6.61 Å². The van der Waals surface area contributed by atoms with Crippen LogP contribution in [0.15, 0.2) is 51.7 Å². The zero-order valence-electron chi connectivity index (χ0n) is 18.2. The third kappa shape index (κ3) is 5.95. The molecule has 3 rings (SSSR count). The first-order valence-corrected chi connectivity index (χ1v) is 10.1. The van der Waals surface area contributed by atoms with Crippen molar-refractivity contribution in [1.29, 1.82) is 0 Å². The molecule has 0 fully saturated rings. The molecule has 0 aliphatic carbocycles. The molecule has 168 valence electrons. The van der Waals surface area contributed by atoms with E-state index in [-0.39, 0.29) is 23.5 Å². The van der Waals surface area contributed by atoms with E-state index in [1.807, 2.05) is 32.0 Å². The number of amides is 1. The van der Waals surface area contributed by atoms with Crippen LogP contribution in [0.5, 0.6) is 11.5 Å². The highest BCUT2D eigenvalue weighted by atomic mass is 16.6. The van der Waals surface area contributed by atoms with E-state index in [0.717, 1.165) is 11.1 Å². The smallest absolute Gasteiger partial charge is 0.349 e. The van der Waals surface area contributed by atoms with Gasteiger partial charge < -0.3 is 23.9 Å². The largest absolute Gasteiger partial charge is 0.482 e. The third-order valence-electron chi connectivity index (χ3n) is 4.68. The van der Waals surface area contributed by atoms with Gasteiger partial charge >= 0.3 is 11.6 Å². The number of hydrogen-bond acceptors (Lipinski definition) is 7. The fourth-order valence-electron chi connectivity index (χ4n) is 2.99. The predicted molar refractivity (Wildman–Crippen MR) is 118 cm³/mol. The van der Waals surface area contributed by atoms with Gasteiger partial charge in [0, 0.05) is 31.7 Å². The van der Waals surface area contributed by atoms with E-state index in [1.165, 1.54) is 12.1 Å². The Hall–Kier alpha value is -3.65. The molecule has 0 radical (unpaired) electrons. The van der Waals surface area contributed by atoms with E-state index in [4.69, 9.17) is 18.6 Å².